The van der Waals surface area contributed by atoms with E-state index >= 15 is 0 Å². The maximum absolute atomic E-state index is 13.0. The van der Waals surface area contributed by atoms with Gasteiger partial charge in [0, 0.05) is 24.3 Å². The Morgan fingerprint density at radius 3 is 2.61 bits per heavy atom. The lowest BCUT2D eigenvalue weighted by Gasteiger charge is -2.08. The first-order chi connectivity index (χ1) is 13.3. The smallest absolute Gasteiger partial charge is 0.203 e. The van der Waals surface area contributed by atoms with Gasteiger partial charge in [0.05, 0.1) is 0 Å². The number of nitrogens with zero attached hydrogens (tertiary/aromatic N) is 4. The molecule has 0 radical (unpaired) electrons. The summed E-state index contributed by atoms with van der Waals surface area (Å²) in [6, 6.07) is 9.00. The van der Waals surface area contributed by atoms with E-state index in [1.165, 1.54) is 24.4 Å². The van der Waals surface area contributed by atoms with Crippen LogP contribution in [0.4, 0.5) is 4.39 Å². The number of aromatic nitrogens is 5. The van der Waals surface area contributed by atoms with Gasteiger partial charge in [-0.3, -0.25) is 10.1 Å². The van der Waals surface area contributed by atoms with Crippen molar-refractivity contribution >= 4 is 20.7 Å². The molecular formula is C18H14FN5O3S. The van der Waals surface area contributed by atoms with E-state index < -0.39 is 9.84 Å². The van der Waals surface area contributed by atoms with Crippen LogP contribution in [0.3, 0.4) is 0 Å². The van der Waals surface area contributed by atoms with Gasteiger partial charge in [-0.1, -0.05) is 12.1 Å². The topological polar surface area (TPSA) is 122 Å². The van der Waals surface area contributed by atoms with Crippen molar-refractivity contribution in [3.8, 4) is 17.3 Å². The lowest BCUT2D eigenvalue weighted by molar-refractivity contribution is 0.479. The molecule has 4 aromatic rings. The number of aromatic amines is 1. The fourth-order valence-corrected chi connectivity index (χ4v) is 3.63. The van der Waals surface area contributed by atoms with E-state index in [0.717, 1.165) is 11.8 Å². The molecule has 0 atom stereocenters. The summed E-state index contributed by atoms with van der Waals surface area (Å²) >= 11 is 0. The zero-order chi connectivity index (χ0) is 19.9. The van der Waals surface area contributed by atoms with Gasteiger partial charge in [-0.2, -0.15) is 5.10 Å². The van der Waals surface area contributed by atoms with Crippen molar-refractivity contribution in [2.75, 3.05) is 6.26 Å². The van der Waals surface area contributed by atoms with Crippen LogP contribution in [0, 0.1) is 5.82 Å². The Labute approximate surface area is 159 Å². The Morgan fingerprint density at radius 1 is 1.14 bits per heavy atom. The molecule has 8 nitrogen and oxygen atoms in total. The zero-order valence-corrected chi connectivity index (χ0v) is 15.4. The van der Waals surface area contributed by atoms with Crippen molar-refractivity contribution in [2.24, 2.45) is 0 Å². The molecule has 0 amide bonds. The van der Waals surface area contributed by atoms with Crippen molar-refractivity contribution in [2.45, 2.75) is 11.4 Å². The van der Waals surface area contributed by atoms with Gasteiger partial charge in [-0.15, -0.1) is 0 Å². The van der Waals surface area contributed by atoms with E-state index in [2.05, 4.69) is 25.1 Å². The number of H-pyrrole nitrogens is 1. The summed E-state index contributed by atoms with van der Waals surface area (Å²) < 4.78 is 37.4. The number of nitrogens with one attached hydrogen (secondary N) is 1. The lowest BCUT2D eigenvalue weighted by Crippen LogP contribution is -2.04. The third-order valence-corrected chi connectivity index (χ3v) is 5.09. The molecule has 0 aliphatic rings. The van der Waals surface area contributed by atoms with Gasteiger partial charge in [-0.25, -0.2) is 22.8 Å². The van der Waals surface area contributed by atoms with Crippen LogP contribution in [0.1, 0.15) is 11.4 Å². The average molecular weight is 399 g/mol. The summed E-state index contributed by atoms with van der Waals surface area (Å²) in [4.78, 5) is 12.5. The Hall–Kier alpha value is -3.40. The van der Waals surface area contributed by atoms with Crippen LogP contribution in [-0.4, -0.2) is 44.9 Å². The standard InChI is InChI=1S/C18H14FN5O3S/c1-28(26,27)18-12-3-2-8-20-14(12)16(25)15(22-18)17-21-13(23-24-17)9-10-4-6-11(19)7-5-10/h2-8,25H,9H2,1H3,(H,21,23,24). The van der Waals surface area contributed by atoms with Gasteiger partial charge in [-0.05, 0) is 29.8 Å². The Kier molecular flexibility index (Phi) is 4.27. The molecule has 3 heterocycles. The first kappa shape index (κ1) is 18.0. The Morgan fingerprint density at radius 2 is 1.89 bits per heavy atom. The van der Waals surface area contributed by atoms with E-state index in [1.54, 1.807) is 18.2 Å². The molecule has 0 spiro atoms. The molecule has 1 aromatic carbocycles. The summed E-state index contributed by atoms with van der Waals surface area (Å²) in [5.41, 5.74) is 0.810. The molecule has 0 fully saturated rings. The second-order valence-electron chi connectivity index (χ2n) is 6.19. The third-order valence-electron chi connectivity index (χ3n) is 4.08. The van der Waals surface area contributed by atoms with Crippen LogP contribution in [0.5, 0.6) is 5.75 Å². The molecule has 0 saturated heterocycles. The Balaban J connectivity index is 1.80. The SMILES string of the molecule is CS(=O)(=O)c1nc(-c2n[nH]c(Cc3ccc(F)cc3)n2)c(O)c2ncccc12. The van der Waals surface area contributed by atoms with E-state index in [-0.39, 0.29) is 39.0 Å². The summed E-state index contributed by atoms with van der Waals surface area (Å²) in [7, 11) is -3.69. The summed E-state index contributed by atoms with van der Waals surface area (Å²) in [5.74, 6) is -0.166. The molecule has 0 bridgehead atoms. The van der Waals surface area contributed by atoms with E-state index in [1.807, 2.05) is 0 Å². The third kappa shape index (κ3) is 3.29. The predicted octanol–water partition coefficient (Wildman–Crippen LogP) is 2.25. The van der Waals surface area contributed by atoms with E-state index in [9.17, 15) is 17.9 Å². The fraction of sp³-hybridized carbons (Fsp3) is 0.111. The largest absolute Gasteiger partial charge is 0.504 e. The predicted molar refractivity (Wildman–Crippen MR) is 98.9 cm³/mol. The van der Waals surface area contributed by atoms with Crippen LogP contribution in [-0.2, 0) is 16.3 Å². The highest BCUT2D eigenvalue weighted by Crippen LogP contribution is 2.34. The molecule has 3 aromatic heterocycles. The number of hydrogen-bond acceptors (Lipinski definition) is 7. The minimum atomic E-state index is -3.69. The molecule has 142 valence electrons. The zero-order valence-electron chi connectivity index (χ0n) is 14.6. The van der Waals surface area contributed by atoms with Crippen molar-refractivity contribution in [1.82, 2.24) is 25.1 Å². The quantitative estimate of drug-likeness (QED) is 0.540. The molecule has 4 rings (SSSR count). The maximum Gasteiger partial charge on any atom is 0.203 e. The number of benzene rings is 1. The normalized spacial score (nSPS) is 11.8. The first-order valence-corrected chi connectivity index (χ1v) is 10.1. The average Bonchev–Trinajstić information content (AvgIpc) is 3.11. The van der Waals surface area contributed by atoms with Crippen molar-refractivity contribution < 1.29 is 17.9 Å². The van der Waals surface area contributed by atoms with Gasteiger partial charge in [0.15, 0.2) is 26.3 Å². The number of rotatable bonds is 4. The maximum atomic E-state index is 13.0. The van der Waals surface area contributed by atoms with Crippen LogP contribution in [0.25, 0.3) is 22.4 Å². The highest BCUT2D eigenvalue weighted by atomic mass is 32.2. The van der Waals surface area contributed by atoms with E-state index in [0.29, 0.717) is 12.2 Å². The van der Waals surface area contributed by atoms with Crippen molar-refractivity contribution in [3.63, 3.8) is 0 Å². The van der Waals surface area contributed by atoms with Gasteiger partial charge >= 0.3 is 0 Å². The minimum Gasteiger partial charge on any atom is -0.504 e. The summed E-state index contributed by atoms with van der Waals surface area (Å²) in [5, 5.41) is 17.3. The molecule has 0 unspecified atom stereocenters. The minimum absolute atomic E-state index is 0.0343. The van der Waals surface area contributed by atoms with Crippen LogP contribution in [0.2, 0.25) is 0 Å². The molecule has 28 heavy (non-hydrogen) atoms. The van der Waals surface area contributed by atoms with Gasteiger partial charge in [0.1, 0.15) is 17.2 Å². The second-order valence-corrected chi connectivity index (χ2v) is 8.13. The number of sulfone groups is 1. The lowest BCUT2D eigenvalue weighted by atomic mass is 10.1. The van der Waals surface area contributed by atoms with E-state index in [4.69, 9.17) is 0 Å². The van der Waals surface area contributed by atoms with Crippen LogP contribution < -0.4 is 0 Å². The monoisotopic (exact) mass is 399 g/mol. The highest BCUT2D eigenvalue weighted by molar-refractivity contribution is 7.90. The van der Waals surface area contributed by atoms with Gasteiger partial charge in [0.25, 0.3) is 0 Å². The highest BCUT2D eigenvalue weighted by Gasteiger charge is 2.23. The van der Waals surface area contributed by atoms with Crippen molar-refractivity contribution in [3.05, 3.63) is 59.8 Å². The molecule has 0 saturated carbocycles. The van der Waals surface area contributed by atoms with Gasteiger partial charge < -0.3 is 5.11 Å². The molecule has 2 N–H and O–H groups in total. The number of aromatic hydroxyl groups is 1. The summed E-state index contributed by atoms with van der Waals surface area (Å²) in [6.45, 7) is 0. The number of hydrogen-bond donors (Lipinski definition) is 2. The van der Waals surface area contributed by atoms with Crippen LogP contribution >= 0.6 is 0 Å². The Bertz CT molecular complexity index is 1290. The van der Waals surface area contributed by atoms with Gasteiger partial charge in [0.2, 0.25) is 5.82 Å². The number of pyridine rings is 2. The molecule has 10 heteroatoms. The number of halogens is 1. The van der Waals surface area contributed by atoms with Crippen LogP contribution in [0.15, 0.2) is 47.6 Å². The second kappa shape index (κ2) is 6.64. The first-order valence-electron chi connectivity index (χ1n) is 8.17. The fourth-order valence-electron chi connectivity index (χ4n) is 2.81. The molecule has 0 aliphatic heterocycles. The number of fused-ring (bicyclic) bond motifs is 1. The molecular weight excluding hydrogens is 385 g/mol. The summed E-state index contributed by atoms with van der Waals surface area (Å²) in [6.07, 6.45) is 2.81. The van der Waals surface area contributed by atoms with Crippen molar-refractivity contribution in [1.29, 1.82) is 0 Å². The molecule has 0 aliphatic carbocycles.